The Balaban J connectivity index is 3.37. The molecular weight excluding hydrogens is 256 g/mol. The monoisotopic (exact) mass is 268 g/mol. The lowest BCUT2D eigenvalue weighted by Crippen LogP contribution is -2.32. The summed E-state index contributed by atoms with van der Waals surface area (Å²) in [5, 5.41) is 21.0. The van der Waals surface area contributed by atoms with Gasteiger partial charge in [0.2, 0.25) is 0 Å². The van der Waals surface area contributed by atoms with Crippen LogP contribution in [0.3, 0.4) is 0 Å². The van der Waals surface area contributed by atoms with E-state index in [1.165, 1.54) is 4.68 Å². The summed E-state index contributed by atoms with van der Waals surface area (Å²) in [4.78, 5) is -0.157. The summed E-state index contributed by atoms with van der Waals surface area (Å²) in [5.41, 5.74) is 5.91. The SMILES string of the molecule is Cc1c(S(=O)(=O)N(CC#N)CC#N)c(N)nn1C. The third-order valence-electron chi connectivity index (χ3n) is 2.40. The van der Waals surface area contributed by atoms with E-state index in [2.05, 4.69) is 5.10 Å². The molecule has 1 rings (SSSR count). The summed E-state index contributed by atoms with van der Waals surface area (Å²) in [6, 6.07) is 3.40. The zero-order valence-electron chi connectivity index (χ0n) is 9.95. The van der Waals surface area contributed by atoms with Crippen molar-refractivity contribution in [2.45, 2.75) is 11.8 Å². The molecule has 18 heavy (non-hydrogen) atoms. The van der Waals surface area contributed by atoms with Crippen LogP contribution in [0.15, 0.2) is 4.90 Å². The molecule has 0 amide bonds. The molecule has 96 valence electrons. The molecule has 0 unspecified atom stereocenters. The smallest absolute Gasteiger partial charge is 0.250 e. The molecule has 0 aliphatic carbocycles. The minimum Gasteiger partial charge on any atom is -0.381 e. The molecular formula is C9H12N6O2S. The maximum Gasteiger partial charge on any atom is 0.250 e. The van der Waals surface area contributed by atoms with E-state index in [-0.39, 0.29) is 10.7 Å². The predicted molar refractivity (Wildman–Crippen MR) is 62.3 cm³/mol. The molecule has 0 spiro atoms. The van der Waals surface area contributed by atoms with Crippen molar-refractivity contribution in [3.63, 3.8) is 0 Å². The van der Waals surface area contributed by atoms with Gasteiger partial charge in [0, 0.05) is 7.05 Å². The van der Waals surface area contributed by atoms with Crippen molar-refractivity contribution in [2.75, 3.05) is 18.8 Å². The molecule has 0 aliphatic heterocycles. The highest BCUT2D eigenvalue weighted by Crippen LogP contribution is 2.24. The van der Waals surface area contributed by atoms with Gasteiger partial charge in [0.05, 0.1) is 17.8 Å². The van der Waals surface area contributed by atoms with E-state index in [9.17, 15) is 8.42 Å². The second kappa shape index (κ2) is 5.04. The van der Waals surface area contributed by atoms with Gasteiger partial charge in [-0.05, 0) is 6.92 Å². The van der Waals surface area contributed by atoms with Gasteiger partial charge in [-0.25, -0.2) is 8.42 Å². The Morgan fingerprint density at radius 2 is 1.89 bits per heavy atom. The number of sulfonamides is 1. The summed E-state index contributed by atoms with van der Waals surface area (Å²) in [5.74, 6) is -0.143. The second-order valence-electron chi connectivity index (χ2n) is 3.51. The number of aryl methyl sites for hydroxylation is 1. The standard InChI is InChI=1S/C9H12N6O2S/c1-7-8(9(12)13-14(7)2)18(16,17)15(5-3-10)6-4-11/h5-6H2,1-2H3,(H2,12,13). The number of nitrogens with zero attached hydrogens (tertiary/aromatic N) is 5. The summed E-state index contributed by atoms with van der Waals surface area (Å²) in [7, 11) is -2.43. The van der Waals surface area contributed by atoms with Crippen LogP contribution in [0, 0.1) is 29.6 Å². The zero-order chi connectivity index (χ0) is 13.9. The normalized spacial score (nSPS) is 11.2. The van der Waals surface area contributed by atoms with Crippen LogP contribution in [0.4, 0.5) is 5.82 Å². The maximum atomic E-state index is 12.3. The van der Waals surface area contributed by atoms with E-state index < -0.39 is 23.1 Å². The van der Waals surface area contributed by atoms with Gasteiger partial charge < -0.3 is 5.73 Å². The highest BCUT2D eigenvalue weighted by Gasteiger charge is 2.30. The van der Waals surface area contributed by atoms with E-state index >= 15 is 0 Å². The number of nitrogen functional groups attached to an aromatic ring is 1. The quantitative estimate of drug-likeness (QED) is 0.722. The molecule has 2 N–H and O–H groups in total. The molecule has 0 fully saturated rings. The molecule has 9 heteroatoms. The molecule has 1 aromatic heterocycles. The Kier molecular flexibility index (Phi) is 3.91. The van der Waals surface area contributed by atoms with Crippen molar-refractivity contribution in [3.8, 4) is 12.1 Å². The van der Waals surface area contributed by atoms with Crippen molar-refractivity contribution < 1.29 is 8.42 Å². The molecule has 0 saturated carbocycles. The lowest BCUT2D eigenvalue weighted by atomic mass is 10.5. The van der Waals surface area contributed by atoms with Crippen LogP contribution >= 0.6 is 0 Å². The number of nitriles is 2. The van der Waals surface area contributed by atoms with Crippen LogP contribution < -0.4 is 5.73 Å². The fourth-order valence-corrected chi connectivity index (χ4v) is 2.97. The van der Waals surface area contributed by atoms with Crippen LogP contribution in [0.2, 0.25) is 0 Å². The van der Waals surface area contributed by atoms with Gasteiger partial charge >= 0.3 is 0 Å². The largest absolute Gasteiger partial charge is 0.381 e. The Morgan fingerprint density at radius 3 is 2.22 bits per heavy atom. The number of hydrogen-bond donors (Lipinski definition) is 1. The van der Waals surface area contributed by atoms with Gasteiger partial charge in [0.1, 0.15) is 18.0 Å². The summed E-state index contributed by atoms with van der Waals surface area (Å²) in [6.07, 6.45) is 0. The van der Waals surface area contributed by atoms with Crippen LogP contribution in [-0.2, 0) is 17.1 Å². The minimum atomic E-state index is -3.99. The van der Waals surface area contributed by atoms with Crippen molar-refractivity contribution in [1.29, 1.82) is 10.5 Å². The first-order chi connectivity index (χ1) is 8.36. The highest BCUT2D eigenvalue weighted by atomic mass is 32.2. The van der Waals surface area contributed by atoms with E-state index in [1.807, 2.05) is 0 Å². The molecule has 0 atom stereocenters. The number of aromatic nitrogens is 2. The van der Waals surface area contributed by atoms with Crippen LogP contribution in [0.5, 0.6) is 0 Å². The predicted octanol–water partition coefficient (Wildman–Crippen LogP) is -0.651. The minimum absolute atomic E-state index is 0.143. The van der Waals surface area contributed by atoms with Crippen molar-refractivity contribution in [3.05, 3.63) is 5.69 Å². The van der Waals surface area contributed by atoms with Crippen LogP contribution in [0.1, 0.15) is 5.69 Å². The van der Waals surface area contributed by atoms with Gasteiger partial charge in [-0.1, -0.05) is 0 Å². The fourth-order valence-electron chi connectivity index (χ4n) is 1.45. The third-order valence-corrected chi connectivity index (χ3v) is 4.35. The molecule has 1 aromatic rings. The van der Waals surface area contributed by atoms with E-state index in [4.69, 9.17) is 16.3 Å². The maximum absolute atomic E-state index is 12.3. The fraction of sp³-hybridized carbons (Fsp3) is 0.444. The van der Waals surface area contributed by atoms with Crippen molar-refractivity contribution >= 4 is 15.8 Å². The zero-order valence-corrected chi connectivity index (χ0v) is 10.8. The highest BCUT2D eigenvalue weighted by molar-refractivity contribution is 7.89. The Labute approximate surface area is 105 Å². The average molecular weight is 268 g/mol. The second-order valence-corrected chi connectivity index (χ2v) is 5.39. The number of rotatable bonds is 4. The molecule has 8 nitrogen and oxygen atoms in total. The van der Waals surface area contributed by atoms with Gasteiger partial charge in [-0.2, -0.15) is 19.9 Å². The van der Waals surface area contributed by atoms with Gasteiger partial charge in [-0.15, -0.1) is 0 Å². The Morgan fingerprint density at radius 1 is 1.39 bits per heavy atom. The lowest BCUT2D eigenvalue weighted by Gasteiger charge is -2.15. The van der Waals surface area contributed by atoms with Crippen molar-refractivity contribution in [1.82, 2.24) is 14.1 Å². The first kappa shape index (κ1) is 14.0. The topological polar surface area (TPSA) is 129 Å². The summed E-state index contributed by atoms with van der Waals surface area (Å²) in [6.45, 7) is 0.723. The summed E-state index contributed by atoms with van der Waals surface area (Å²) >= 11 is 0. The van der Waals surface area contributed by atoms with Crippen LogP contribution in [-0.4, -0.2) is 35.6 Å². The number of nitrogens with two attached hydrogens (primary N) is 1. The lowest BCUT2D eigenvalue weighted by molar-refractivity contribution is 0.479. The third kappa shape index (κ3) is 2.27. The van der Waals surface area contributed by atoms with Crippen LogP contribution in [0.25, 0.3) is 0 Å². The molecule has 0 saturated heterocycles. The molecule has 0 bridgehead atoms. The number of hydrogen-bond acceptors (Lipinski definition) is 6. The Hall–Kier alpha value is -2.10. The average Bonchev–Trinajstić information content (AvgIpc) is 2.53. The number of anilines is 1. The molecule has 1 heterocycles. The molecule has 0 aromatic carbocycles. The van der Waals surface area contributed by atoms with Gasteiger partial charge in [0.25, 0.3) is 10.0 Å². The van der Waals surface area contributed by atoms with E-state index in [1.54, 1.807) is 26.1 Å². The molecule has 0 radical (unpaired) electrons. The Bertz CT molecular complexity index is 617. The van der Waals surface area contributed by atoms with Gasteiger partial charge in [0.15, 0.2) is 5.82 Å². The first-order valence-electron chi connectivity index (χ1n) is 4.89. The van der Waals surface area contributed by atoms with E-state index in [0.717, 1.165) is 4.31 Å². The van der Waals surface area contributed by atoms with Crippen molar-refractivity contribution in [2.24, 2.45) is 7.05 Å². The van der Waals surface area contributed by atoms with E-state index in [0.29, 0.717) is 5.69 Å². The molecule has 0 aliphatic rings. The van der Waals surface area contributed by atoms with Gasteiger partial charge in [-0.3, -0.25) is 4.68 Å². The first-order valence-corrected chi connectivity index (χ1v) is 6.33. The summed E-state index contributed by atoms with van der Waals surface area (Å²) < 4.78 is 26.6.